The topological polar surface area (TPSA) is 108 Å². The molecule has 6 heteroatoms. The molecule has 0 aromatic carbocycles. The molecule has 0 atom stereocenters. The van der Waals surface area contributed by atoms with Gasteiger partial charge in [0, 0.05) is 23.7 Å². The van der Waals surface area contributed by atoms with Crippen molar-refractivity contribution in [1.29, 1.82) is 0 Å². The van der Waals surface area contributed by atoms with E-state index in [4.69, 9.17) is 10.2 Å². The fourth-order valence-corrected chi connectivity index (χ4v) is 1.25. The summed E-state index contributed by atoms with van der Waals surface area (Å²) in [6.07, 6.45) is 0.847. The second-order valence-corrected chi connectivity index (χ2v) is 3.26. The first-order valence-corrected chi connectivity index (χ1v) is 4.50. The van der Waals surface area contributed by atoms with Gasteiger partial charge in [0.1, 0.15) is 5.75 Å². The number of aromatic nitrogens is 1. The predicted octanol–water partition coefficient (Wildman–Crippen LogP) is -0.216. The van der Waals surface area contributed by atoms with Crippen molar-refractivity contribution < 1.29 is 24.9 Å². The highest BCUT2D eigenvalue weighted by Gasteiger charge is 2.18. The lowest BCUT2D eigenvalue weighted by molar-refractivity contribution is -0.148. The van der Waals surface area contributed by atoms with E-state index in [1.807, 2.05) is 0 Å². The van der Waals surface area contributed by atoms with Gasteiger partial charge in [0.15, 0.2) is 0 Å². The van der Waals surface area contributed by atoms with Crippen LogP contribution in [0.4, 0.5) is 0 Å². The minimum Gasteiger partial charge on any atom is -0.506 e. The van der Waals surface area contributed by atoms with Crippen molar-refractivity contribution in [1.82, 2.24) is 4.98 Å². The number of pyridine rings is 1. The van der Waals surface area contributed by atoms with Gasteiger partial charge in [-0.25, -0.2) is 4.79 Å². The second kappa shape index (κ2) is 4.71. The lowest BCUT2D eigenvalue weighted by Crippen LogP contribution is -2.16. The Kier molecular flexibility index (Phi) is 3.57. The zero-order chi connectivity index (χ0) is 12.3. The van der Waals surface area contributed by atoms with Gasteiger partial charge in [-0.05, 0) is 6.92 Å². The smallest absolute Gasteiger partial charge is 0.372 e. The highest BCUT2D eigenvalue weighted by molar-refractivity contribution is 6.33. The number of aromatic hydroxyl groups is 1. The lowest BCUT2D eigenvalue weighted by Gasteiger charge is -2.09. The summed E-state index contributed by atoms with van der Waals surface area (Å²) in [5, 5.41) is 27.1. The van der Waals surface area contributed by atoms with Gasteiger partial charge in [-0.15, -0.1) is 0 Å². The Balaban J connectivity index is 3.15. The maximum atomic E-state index is 11.0. The average Bonchev–Trinajstić information content (AvgIpc) is 2.25. The first kappa shape index (κ1) is 12.1. The SMILES string of the molecule is Cc1ncc(CO)c(CC(=O)C(=O)O)c1O. The van der Waals surface area contributed by atoms with Crippen LogP contribution >= 0.6 is 0 Å². The molecule has 0 aliphatic rings. The molecular weight excluding hydrogens is 214 g/mol. The average molecular weight is 225 g/mol. The molecule has 0 amide bonds. The van der Waals surface area contributed by atoms with Crippen LogP contribution in [0.1, 0.15) is 16.8 Å². The summed E-state index contributed by atoms with van der Waals surface area (Å²) in [5.74, 6) is -2.87. The number of rotatable bonds is 4. The normalized spacial score (nSPS) is 10.1. The number of hydrogen-bond acceptors (Lipinski definition) is 5. The Morgan fingerprint density at radius 2 is 2.06 bits per heavy atom. The molecule has 1 aromatic heterocycles. The van der Waals surface area contributed by atoms with Crippen LogP contribution in [-0.2, 0) is 22.6 Å². The van der Waals surface area contributed by atoms with Crippen molar-refractivity contribution in [3.8, 4) is 5.75 Å². The zero-order valence-corrected chi connectivity index (χ0v) is 8.60. The van der Waals surface area contributed by atoms with E-state index in [1.165, 1.54) is 13.1 Å². The molecule has 1 aromatic rings. The van der Waals surface area contributed by atoms with Crippen molar-refractivity contribution in [3.63, 3.8) is 0 Å². The van der Waals surface area contributed by atoms with E-state index < -0.39 is 24.8 Å². The van der Waals surface area contributed by atoms with E-state index >= 15 is 0 Å². The van der Waals surface area contributed by atoms with Crippen molar-refractivity contribution in [2.75, 3.05) is 0 Å². The fourth-order valence-electron chi connectivity index (χ4n) is 1.25. The van der Waals surface area contributed by atoms with Crippen LogP contribution in [0.5, 0.6) is 5.75 Å². The Morgan fingerprint density at radius 1 is 1.44 bits per heavy atom. The molecule has 0 radical (unpaired) electrons. The number of carboxylic acids is 1. The van der Waals surface area contributed by atoms with Crippen molar-refractivity contribution in [2.24, 2.45) is 0 Å². The number of carboxylic acid groups (broad SMARTS) is 1. The molecule has 6 nitrogen and oxygen atoms in total. The summed E-state index contributed by atoms with van der Waals surface area (Å²) in [6, 6.07) is 0. The molecule has 16 heavy (non-hydrogen) atoms. The molecular formula is C10H11NO5. The van der Waals surface area contributed by atoms with Crippen molar-refractivity contribution >= 4 is 11.8 Å². The number of hydrogen-bond donors (Lipinski definition) is 3. The maximum Gasteiger partial charge on any atom is 0.372 e. The molecule has 0 fully saturated rings. The minimum atomic E-state index is -1.57. The summed E-state index contributed by atoms with van der Waals surface area (Å²) >= 11 is 0. The van der Waals surface area contributed by atoms with Crippen LogP contribution in [0, 0.1) is 6.92 Å². The van der Waals surface area contributed by atoms with Gasteiger partial charge in [0.05, 0.1) is 12.3 Å². The third-order valence-electron chi connectivity index (χ3n) is 2.18. The highest BCUT2D eigenvalue weighted by atomic mass is 16.4. The fraction of sp³-hybridized carbons (Fsp3) is 0.300. The van der Waals surface area contributed by atoms with Crippen molar-refractivity contribution in [3.05, 3.63) is 23.0 Å². The first-order chi connectivity index (χ1) is 7.47. The molecule has 1 rings (SSSR count). The molecule has 0 bridgehead atoms. The van der Waals surface area contributed by atoms with Gasteiger partial charge in [0.2, 0.25) is 5.78 Å². The number of aliphatic carboxylic acids is 1. The number of ketones is 1. The van der Waals surface area contributed by atoms with Crippen LogP contribution in [0.25, 0.3) is 0 Å². The Bertz CT molecular complexity index is 441. The van der Waals surface area contributed by atoms with Crippen molar-refractivity contribution in [2.45, 2.75) is 20.0 Å². The summed E-state index contributed by atoms with van der Waals surface area (Å²) in [7, 11) is 0. The molecule has 86 valence electrons. The van der Waals surface area contributed by atoms with Gasteiger partial charge in [0.25, 0.3) is 0 Å². The summed E-state index contributed by atoms with van der Waals surface area (Å²) in [5.41, 5.74) is 0.644. The monoisotopic (exact) mass is 225 g/mol. The lowest BCUT2D eigenvalue weighted by atomic mass is 10.0. The van der Waals surface area contributed by atoms with Gasteiger partial charge in [-0.2, -0.15) is 0 Å². The third kappa shape index (κ3) is 2.34. The third-order valence-corrected chi connectivity index (χ3v) is 2.18. The molecule has 0 aliphatic carbocycles. The molecule has 3 N–H and O–H groups in total. The number of aliphatic hydroxyl groups excluding tert-OH is 1. The number of aliphatic hydroxyl groups is 1. The maximum absolute atomic E-state index is 11.0. The molecule has 0 saturated carbocycles. The molecule has 1 heterocycles. The van der Waals surface area contributed by atoms with Gasteiger partial charge in [-0.1, -0.05) is 0 Å². The van der Waals surface area contributed by atoms with Crippen LogP contribution in [0.15, 0.2) is 6.20 Å². The Morgan fingerprint density at radius 3 is 2.56 bits per heavy atom. The Hall–Kier alpha value is -1.95. The summed E-state index contributed by atoms with van der Waals surface area (Å²) < 4.78 is 0. The van der Waals surface area contributed by atoms with Crippen LogP contribution in [0.3, 0.4) is 0 Å². The van der Waals surface area contributed by atoms with Crippen LogP contribution in [-0.4, -0.2) is 32.1 Å². The van der Waals surface area contributed by atoms with Gasteiger partial charge < -0.3 is 15.3 Å². The molecule has 0 aliphatic heterocycles. The van der Waals surface area contributed by atoms with E-state index in [9.17, 15) is 14.7 Å². The van der Waals surface area contributed by atoms with Gasteiger partial charge in [-0.3, -0.25) is 9.78 Å². The molecule has 0 unspecified atom stereocenters. The van der Waals surface area contributed by atoms with E-state index in [2.05, 4.69) is 4.98 Å². The molecule has 0 spiro atoms. The number of aryl methyl sites for hydroxylation is 1. The number of Topliss-reactive ketones (excluding diaryl/α,β-unsaturated/α-hetero) is 1. The van der Waals surface area contributed by atoms with E-state index in [1.54, 1.807) is 0 Å². The van der Waals surface area contributed by atoms with Crippen LogP contribution < -0.4 is 0 Å². The van der Waals surface area contributed by atoms with Gasteiger partial charge >= 0.3 is 5.97 Å². The predicted molar refractivity (Wildman–Crippen MR) is 52.9 cm³/mol. The van der Waals surface area contributed by atoms with E-state index in [-0.39, 0.29) is 22.6 Å². The summed E-state index contributed by atoms with van der Waals surface area (Å²) in [4.78, 5) is 25.2. The number of carbonyl (C=O) groups excluding carboxylic acids is 1. The second-order valence-electron chi connectivity index (χ2n) is 3.26. The molecule has 0 saturated heterocycles. The van der Waals surface area contributed by atoms with E-state index in [0.29, 0.717) is 0 Å². The largest absolute Gasteiger partial charge is 0.506 e. The van der Waals surface area contributed by atoms with E-state index in [0.717, 1.165) is 0 Å². The first-order valence-electron chi connectivity index (χ1n) is 4.50. The number of carbonyl (C=O) groups is 2. The quantitative estimate of drug-likeness (QED) is 0.611. The minimum absolute atomic E-state index is 0.113. The van der Waals surface area contributed by atoms with Crippen LogP contribution in [0.2, 0.25) is 0 Å². The Labute approximate surface area is 91.2 Å². The highest BCUT2D eigenvalue weighted by Crippen LogP contribution is 2.24. The number of nitrogens with zero attached hydrogens (tertiary/aromatic N) is 1. The zero-order valence-electron chi connectivity index (χ0n) is 8.60. The summed E-state index contributed by atoms with van der Waals surface area (Å²) in [6.45, 7) is 1.11. The standard InChI is InChI=1S/C10H11NO5/c1-5-9(14)7(2-8(13)10(15)16)6(4-12)3-11-5/h3,12,14H,2,4H2,1H3,(H,15,16).